The minimum atomic E-state index is 0.334. The minimum Gasteiger partial charge on any atom is -0.495 e. The van der Waals surface area contributed by atoms with Crippen molar-refractivity contribution in [2.45, 2.75) is 294 Å². The summed E-state index contributed by atoms with van der Waals surface area (Å²) >= 11 is 0. The van der Waals surface area contributed by atoms with Gasteiger partial charge in [-0.3, -0.25) is 4.90 Å². The lowest BCUT2D eigenvalue weighted by Crippen LogP contribution is -2.54. The minimum absolute atomic E-state index is 0.334. The Hall–Kier alpha value is -2.72. The highest BCUT2D eigenvalue weighted by Gasteiger charge is 2.65. The van der Waals surface area contributed by atoms with E-state index in [9.17, 15) is 0 Å². The van der Waals surface area contributed by atoms with Crippen molar-refractivity contribution in [2.24, 2.45) is 70.5 Å². The van der Waals surface area contributed by atoms with Crippen LogP contribution in [0.2, 0.25) is 0 Å². The van der Waals surface area contributed by atoms with Crippen molar-refractivity contribution in [2.75, 3.05) is 0 Å². The molecule has 13 aliphatic rings. The van der Waals surface area contributed by atoms with E-state index in [-0.39, 0.29) is 0 Å². The average molecular weight is 1060 g/mol. The molecule has 0 aromatic carbocycles. The molecule has 1 saturated heterocycles. The summed E-state index contributed by atoms with van der Waals surface area (Å²) in [5.41, 5.74) is 5.73. The zero-order valence-electron chi connectivity index (χ0n) is 49.7. The monoisotopic (exact) mass is 1060 g/mol. The van der Waals surface area contributed by atoms with Crippen LogP contribution in [0, 0.1) is 70.5 Å². The van der Waals surface area contributed by atoms with Crippen molar-refractivity contribution in [3.8, 4) is 0 Å². The lowest BCUT2D eigenvalue weighted by molar-refractivity contribution is -0.00701. The van der Waals surface area contributed by atoms with Crippen molar-refractivity contribution >= 4 is 0 Å². The maximum Gasteiger partial charge on any atom is 0.102 e. The van der Waals surface area contributed by atoms with Crippen molar-refractivity contribution in [1.82, 2.24) is 9.80 Å². The molecule has 428 valence electrons. The summed E-state index contributed by atoms with van der Waals surface area (Å²) in [5.74, 6) is 11.5. The van der Waals surface area contributed by atoms with Gasteiger partial charge in [-0.05, 0) is 225 Å². The summed E-state index contributed by atoms with van der Waals surface area (Å²) in [4.78, 5) is 6.44. The number of allylic oxidation sites excluding steroid dienone is 11. The molecule has 1 heterocycles. The quantitative estimate of drug-likeness (QED) is 0.144. The van der Waals surface area contributed by atoms with Crippen LogP contribution in [0.5, 0.6) is 0 Å². The number of unbranched alkanes of at least 4 members (excludes halogenated alkanes) is 1. The van der Waals surface area contributed by atoms with E-state index in [0.717, 1.165) is 97.6 Å². The van der Waals surface area contributed by atoms with Gasteiger partial charge in [-0.1, -0.05) is 138 Å². The van der Waals surface area contributed by atoms with E-state index in [0.29, 0.717) is 47.5 Å². The first-order valence-electron chi connectivity index (χ1n) is 34.9. The van der Waals surface area contributed by atoms with E-state index < -0.39 is 0 Å². The van der Waals surface area contributed by atoms with E-state index in [4.69, 9.17) is 9.47 Å². The normalized spacial score (nSPS) is 42.9. The predicted octanol–water partition coefficient (Wildman–Crippen LogP) is 19.4. The smallest absolute Gasteiger partial charge is 0.102 e. The first-order chi connectivity index (χ1) is 38.5. The van der Waals surface area contributed by atoms with Crippen molar-refractivity contribution in [3.63, 3.8) is 0 Å². The largest absolute Gasteiger partial charge is 0.495 e. The van der Waals surface area contributed by atoms with Crippen LogP contribution in [0.4, 0.5) is 0 Å². The van der Waals surface area contributed by atoms with Gasteiger partial charge in [0.2, 0.25) is 0 Å². The van der Waals surface area contributed by atoms with Crippen LogP contribution in [-0.2, 0) is 9.47 Å². The number of likely N-dealkylation sites (tertiary alicyclic amines) is 1. The lowest BCUT2D eigenvalue weighted by Gasteiger charge is -2.56. The molecule has 0 aromatic rings. The first kappa shape index (κ1) is 54.5. The fourth-order valence-electron chi connectivity index (χ4n) is 22.1. The number of fused-ring (bicyclic) bond motifs is 7. The lowest BCUT2D eigenvalue weighted by atomic mass is 9.52. The zero-order valence-corrected chi connectivity index (χ0v) is 49.7. The van der Waals surface area contributed by atoms with Crippen LogP contribution in [-0.4, -0.2) is 52.2 Å². The SMILES string of the molecule is C=CC1CC=C(OC2CC=C(C3(C4C=CCCC4)C4CCCCC4C4CCC(N(C5=CCC(C6=CC7C8CCCCC8N(C8CC=C(OC(CC)CCCC)CC8)C7CC6)C=C5)C5CCCC6CCCCC65)CC43)CC2)CC1. The van der Waals surface area contributed by atoms with Crippen LogP contribution in [0.1, 0.15) is 251 Å². The van der Waals surface area contributed by atoms with E-state index in [1.54, 1.807) is 5.70 Å². The molecule has 78 heavy (non-hydrogen) atoms. The molecule has 4 nitrogen and oxygen atoms in total. The Morgan fingerprint density at radius 1 is 0.679 bits per heavy atom. The van der Waals surface area contributed by atoms with Gasteiger partial charge in [0, 0.05) is 66.5 Å². The summed E-state index contributed by atoms with van der Waals surface area (Å²) in [5, 5.41) is 0. The Morgan fingerprint density at radius 2 is 1.50 bits per heavy atom. The molecule has 0 amide bonds. The molecular formula is C74H110N2O2. The summed E-state index contributed by atoms with van der Waals surface area (Å²) in [6, 6.07) is 3.63. The van der Waals surface area contributed by atoms with Crippen LogP contribution < -0.4 is 0 Å². The molecule has 0 spiro atoms. The standard InChI is InChI=1S/C74H110N2O2/c1-4-7-22-60(6-3)77-63-45-38-58(39-46-63)76-72-27-16-14-25-67(72)68-49-54(33-48-73(68)76)52-31-36-57(37-32-52)75(71-28-17-19-53-18-11-12-23-64(53)71)59-40-47-66-65-24-13-15-26-69(65)74(70(66)50-59,55-20-9-8-10-21-55)56-34-43-62(44-35-56)78-61-41-29-51(5-2)30-42-61/h5,9,20,31,34,36-37,41,45,49,51-53,55,58-60,62,64-73H,2,4,6-8,10-19,21-30,32-33,35,38-40,42-44,46-48,50H2,1,3H3. The third-order valence-corrected chi connectivity index (χ3v) is 25.5. The highest BCUT2D eigenvalue weighted by molar-refractivity contribution is 5.35. The van der Waals surface area contributed by atoms with Gasteiger partial charge < -0.3 is 14.4 Å². The molecule has 0 N–H and O–H groups in total. The molecule has 1 aliphatic heterocycles. The van der Waals surface area contributed by atoms with E-state index in [2.05, 4.69) is 91.0 Å². The van der Waals surface area contributed by atoms with Gasteiger partial charge in [0.15, 0.2) is 0 Å². The van der Waals surface area contributed by atoms with Gasteiger partial charge in [-0.25, -0.2) is 0 Å². The molecule has 4 heteroatoms. The van der Waals surface area contributed by atoms with Gasteiger partial charge >= 0.3 is 0 Å². The average Bonchev–Trinajstić information content (AvgIpc) is 4.19. The highest BCUT2D eigenvalue weighted by atomic mass is 16.5. The maximum atomic E-state index is 6.93. The fraction of sp³-hybridized carbons (Fsp3) is 0.784. The van der Waals surface area contributed by atoms with Crippen LogP contribution in [0.3, 0.4) is 0 Å². The number of hydrogen-bond donors (Lipinski definition) is 0. The third-order valence-electron chi connectivity index (χ3n) is 25.5. The van der Waals surface area contributed by atoms with Crippen molar-refractivity contribution in [1.29, 1.82) is 0 Å². The second-order valence-electron chi connectivity index (χ2n) is 29.1. The number of nitrogens with zero attached hydrogens (tertiary/aromatic N) is 2. The summed E-state index contributed by atoms with van der Waals surface area (Å²) in [6.45, 7) is 8.75. The predicted molar refractivity (Wildman–Crippen MR) is 324 cm³/mol. The first-order valence-corrected chi connectivity index (χ1v) is 34.9. The number of rotatable bonds is 16. The molecule has 19 atom stereocenters. The second-order valence-corrected chi connectivity index (χ2v) is 29.1. The van der Waals surface area contributed by atoms with Crippen LogP contribution in [0.15, 0.2) is 95.7 Å². The van der Waals surface area contributed by atoms with Gasteiger partial charge in [0.05, 0.1) is 17.6 Å². The number of hydrogen-bond acceptors (Lipinski definition) is 4. The van der Waals surface area contributed by atoms with Gasteiger partial charge in [-0.2, -0.15) is 0 Å². The summed E-state index contributed by atoms with van der Waals surface area (Å²) in [6.07, 6.45) is 77.4. The molecule has 12 aliphatic carbocycles. The molecule has 6 saturated carbocycles. The molecule has 7 fully saturated rings. The van der Waals surface area contributed by atoms with E-state index >= 15 is 0 Å². The third kappa shape index (κ3) is 10.6. The summed E-state index contributed by atoms with van der Waals surface area (Å²) < 4.78 is 13.6. The molecule has 0 radical (unpaired) electrons. The Labute approximate surface area is 477 Å². The van der Waals surface area contributed by atoms with Gasteiger partial charge in [-0.15, -0.1) is 6.58 Å². The maximum absolute atomic E-state index is 6.93. The highest BCUT2D eigenvalue weighted by Crippen LogP contribution is 2.71. The Kier molecular flexibility index (Phi) is 17.2. The number of ether oxygens (including phenoxy) is 2. The molecule has 13 rings (SSSR count). The van der Waals surface area contributed by atoms with Crippen LogP contribution >= 0.6 is 0 Å². The molecule has 0 bridgehead atoms. The van der Waals surface area contributed by atoms with Crippen molar-refractivity contribution < 1.29 is 9.47 Å². The Bertz CT molecular complexity index is 2290. The van der Waals surface area contributed by atoms with Crippen molar-refractivity contribution in [3.05, 3.63) is 95.7 Å². The molecule has 0 aromatic heterocycles. The summed E-state index contributed by atoms with van der Waals surface area (Å²) in [7, 11) is 0. The van der Waals surface area contributed by atoms with Gasteiger partial charge in [0.1, 0.15) is 6.10 Å². The van der Waals surface area contributed by atoms with Gasteiger partial charge in [0.25, 0.3) is 0 Å². The molecular weight excluding hydrogens is 949 g/mol. The molecule has 19 unspecified atom stereocenters. The van der Waals surface area contributed by atoms with E-state index in [1.165, 1.54) is 217 Å². The topological polar surface area (TPSA) is 24.9 Å². The zero-order chi connectivity index (χ0) is 52.6. The second kappa shape index (κ2) is 24.6. The van der Waals surface area contributed by atoms with E-state index in [1.807, 2.05) is 11.1 Å². The fourth-order valence-corrected chi connectivity index (χ4v) is 22.1. The Morgan fingerprint density at radius 3 is 2.27 bits per heavy atom. The Balaban J connectivity index is 0.766. The van der Waals surface area contributed by atoms with Crippen LogP contribution in [0.25, 0.3) is 0 Å².